The second kappa shape index (κ2) is 5.23. The zero-order valence-electron chi connectivity index (χ0n) is 9.78. The highest BCUT2D eigenvalue weighted by Crippen LogP contribution is 2.19. The van der Waals surface area contributed by atoms with Gasteiger partial charge in [-0.15, -0.1) is 0 Å². The van der Waals surface area contributed by atoms with Gasteiger partial charge in [-0.2, -0.15) is 4.58 Å². The Bertz CT molecular complexity index is 562. The van der Waals surface area contributed by atoms with Gasteiger partial charge in [0.05, 0.1) is 6.42 Å². The van der Waals surface area contributed by atoms with E-state index in [1.807, 2.05) is 24.3 Å². The fourth-order valence-corrected chi connectivity index (χ4v) is 1.64. The highest BCUT2D eigenvalue weighted by molar-refractivity contribution is 5.70. The van der Waals surface area contributed by atoms with E-state index >= 15 is 0 Å². The Morgan fingerprint density at radius 1 is 1.11 bits per heavy atom. The molecule has 4 heteroatoms. The van der Waals surface area contributed by atoms with Crippen LogP contribution >= 0.6 is 0 Å². The first-order valence-electron chi connectivity index (χ1n) is 5.48. The van der Waals surface area contributed by atoms with Crippen LogP contribution in [0.25, 0.3) is 0 Å². The molecular weight excluding hydrogens is 228 g/mol. The zero-order chi connectivity index (χ0) is 13.0. The van der Waals surface area contributed by atoms with E-state index in [-0.39, 0.29) is 6.42 Å². The third kappa shape index (κ3) is 2.79. The second-order valence-corrected chi connectivity index (χ2v) is 3.87. The minimum atomic E-state index is -0.830. The standard InChI is InChI=1S/C14H12N2O2/c1-16(13-6-8-15-9-7-13)12-4-2-11(3-5-12)10-14(17)18/h2-9H,1,10H2/p+1. The van der Waals surface area contributed by atoms with Gasteiger partial charge in [-0.3, -0.25) is 9.78 Å². The van der Waals surface area contributed by atoms with Crippen molar-refractivity contribution in [3.63, 3.8) is 0 Å². The maximum absolute atomic E-state index is 10.6. The number of hydrogen-bond donors (Lipinski definition) is 1. The largest absolute Gasteiger partial charge is 0.481 e. The molecule has 2 rings (SSSR count). The predicted octanol–water partition coefficient (Wildman–Crippen LogP) is 2.24. The minimum Gasteiger partial charge on any atom is -0.481 e. The highest BCUT2D eigenvalue weighted by atomic mass is 16.4. The van der Waals surface area contributed by atoms with E-state index in [0.29, 0.717) is 0 Å². The number of carboxylic acid groups (broad SMARTS) is 1. The molecule has 0 aliphatic carbocycles. The van der Waals surface area contributed by atoms with Crippen LogP contribution in [0.2, 0.25) is 0 Å². The van der Waals surface area contributed by atoms with Crippen molar-refractivity contribution in [3.05, 3.63) is 54.4 Å². The molecule has 0 fully saturated rings. The van der Waals surface area contributed by atoms with Crippen LogP contribution < -0.4 is 4.58 Å². The summed E-state index contributed by atoms with van der Waals surface area (Å²) >= 11 is 0. The molecule has 0 unspecified atom stereocenters. The Hall–Kier alpha value is -2.49. The lowest BCUT2D eigenvalue weighted by atomic mass is 10.1. The van der Waals surface area contributed by atoms with Crippen LogP contribution in [0.5, 0.6) is 0 Å². The molecule has 0 spiro atoms. The van der Waals surface area contributed by atoms with Crippen LogP contribution in [0, 0.1) is 0 Å². The fourth-order valence-electron chi connectivity index (χ4n) is 1.64. The number of hydrogen-bond acceptors (Lipinski definition) is 2. The van der Waals surface area contributed by atoms with E-state index in [0.717, 1.165) is 16.9 Å². The van der Waals surface area contributed by atoms with Crippen LogP contribution in [0.4, 0.5) is 11.4 Å². The van der Waals surface area contributed by atoms with Crippen molar-refractivity contribution in [1.82, 2.24) is 9.56 Å². The number of aliphatic carboxylic acids is 1. The Balaban J connectivity index is 2.20. The van der Waals surface area contributed by atoms with Crippen LogP contribution in [-0.4, -0.2) is 22.8 Å². The van der Waals surface area contributed by atoms with Crippen LogP contribution in [0.3, 0.4) is 0 Å². The van der Waals surface area contributed by atoms with E-state index in [4.69, 9.17) is 5.11 Å². The van der Waals surface area contributed by atoms with E-state index in [9.17, 15) is 4.79 Å². The number of carbonyl (C=O) groups is 1. The van der Waals surface area contributed by atoms with Crippen molar-refractivity contribution in [3.8, 4) is 0 Å². The molecule has 1 aromatic heterocycles. The minimum absolute atomic E-state index is 0.0344. The summed E-state index contributed by atoms with van der Waals surface area (Å²) in [5.74, 6) is -0.830. The summed E-state index contributed by atoms with van der Waals surface area (Å²) in [6, 6.07) is 11.0. The summed E-state index contributed by atoms with van der Waals surface area (Å²) in [5, 5.41) is 8.69. The van der Waals surface area contributed by atoms with E-state index in [1.54, 1.807) is 29.1 Å². The molecule has 1 aromatic carbocycles. The smallest absolute Gasteiger partial charge is 0.307 e. The summed E-state index contributed by atoms with van der Waals surface area (Å²) < 4.78 is 1.77. The van der Waals surface area contributed by atoms with Gasteiger partial charge in [0.2, 0.25) is 11.4 Å². The molecule has 18 heavy (non-hydrogen) atoms. The average molecular weight is 241 g/mol. The van der Waals surface area contributed by atoms with Crippen molar-refractivity contribution in [2.75, 3.05) is 0 Å². The van der Waals surface area contributed by atoms with Crippen LogP contribution in [-0.2, 0) is 11.2 Å². The molecule has 0 aliphatic heterocycles. The average Bonchev–Trinajstić information content (AvgIpc) is 2.39. The highest BCUT2D eigenvalue weighted by Gasteiger charge is 2.10. The number of nitrogens with zero attached hydrogens (tertiary/aromatic N) is 2. The molecular formula is C14H13N2O2+. The van der Waals surface area contributed by atoms with E-state index in [2.05, 4.69) is 11.7 Å². The first kappa shape index (κ1) is 12.0. The summed E-state index contributed by atoms with van der Waals surface area (Å²) in [5.41, 5.74) is 2.60. The third-order valence-corrected chi connectivity index (χ3v) is 2.58. The lowest BCUT2D eigenvalue weighted by molar-refractivity contribution is -0.136. The molecule has 4 nitrogen and oxygen atoms in total. The number of benzene rings is 1. The molecule has 2 aromatic rings. The lowest BCUT2D eigenvalue weighted by Crippen LogP contribution is -2.02. The molecule has 0 atom stereocenters. The Kier molecular flexibility index (Phi) is 3.48. The van der Waals surface area contributed by atoms with Crippen molar-refractivity contribution < 1.29 is 9.90 Å². The van der Waals surface area contributed by atoms with Gasteiger partial charge in [0.1, 0.15) is 6.72 Å². The quantitative estimate of drug-likeness (QED) is 0.659. The molecule has 1 N–H and O–H groups in total. The van der Waals surface area contributed by atoms with Crippen LogP contribution in [0.15, 0.2) is 48.8 Å². The SMILES string of the molecule is C=[N+](c1ccncc1)c1ccc(CC(=O)O)cc1. The zero-order valence-corrected chi connectivity index (χ0v) is 9.78. The number of aromatic nitrogens is 1. The van der Waals surface area contributed by atoms with Gasteiger partial charge in [-0.05, 0) is 5.56 Å². The summed E-state index contributed by atoms with van der Waals surface area (Å²) in [7, 11) is 0. The second-order valence-electron chi connectivity index (χ2n) is 3.87. The van der Waals surface area contributed by atoms with Gasteiger partial charge < -0.3 is 5.11 Å². The Labute approximate surface area is 105 Å². The van der Waals surface area contributed by atoms with Gasteiger partial charge in [0.25, 0.3) is 0 Å². The third-order valence-electron chi connectivity index (χ3n) is 2.58. The molecule has 0 radical (unpaired) electrons. The maximum atomic E-state index is 10.6. The lowest BCUT2D eigenvalue weighted by Gasteiger charge is -2.01. The van der Waals surface area contributed by atoms with Gasteiger partial charge in [-0.1, -0.05) is 12.1 Å². The normalized spacial score (nSPS) is 10.0. The predicted molar refractivity (Wildman–Crippen MR) is 70.6 cm³/mol. The van der Waals surface area contributed by atoms with Gasteiger partial charge >= 0.3 is 5.97 Å². The molecule has 0 aliphatic rings. The van der Waals surface area contributed by atoms with E-state index in [1.165, 1.54) is 0 Å². The van der Waals surface area contributed by atoms with Gasteiger partial charge in [0.15, 0.2) is 0 Å². The summed E-state index contributed by atoms with van der Waals surface area (Å²) in [6.45, 7) is 3.96. The summed E-state index contributed by atoms with van der Waals surface area (Å²) in [6.07, 6.45) is 3.44. The Morgan fingerprint density at radius 2 is 1.67 bits per heavy atom. The van der Waals surface area contributed by atoms with Crippen molar-refractivity contribution in [2.24, 2.45) is 0 Å². The number of rotatable bonds is 4. The topological polar surface area (TPSA) is 53.2 Å². The molecule has 90 valence electrons. The maximum Gasteiger partial charge on any atom is 0.307 e. The fraction of sp³-hybridized carbons (Fsp3) is 0.0714. The first-order chi connectivity index (χ1) is 8.66. The first-order valence-corrected chi connectivity index (χ1v) is 5.48. The summed E-state index contributed by atoms with van der Waals surface area (Å²) in [4.78, 5) is 14.5. The van der Waals surface area contributed by atoms with Gasteiger partial charge in [-0.25, -0.2) is 0 Å². The monoisotopic (exact) mass is 241 g/mol. The molecule has 0 amide bonds. The molecule has 0 saturated carbocycles. The molecule has 0 bridgehead atoms. The van der Waals surface area contributed by atoms with Crippen LogP contribution in [0.1, 0.15) is 5.56 Å². The number of carboxylic acids is 1. The van der Waals surface area contributed by atoms with Crippen molar-refractivity contribution in [2.45, 2.75) is 6.42 Å². The van der Waals surface area contributed by atoms with Crippen molar-refractivity contribution in [1.29, 1.82) is 0 Å². The number of pyridine rings is 1. The van der Waals surface area contributed by atoms with E-state index < -0.39 is 5.97 Å². The van der Waals surface area contributed by atoms with Gasteiger partial charge in [0, 0.05) is 36.7 Å². The van der Waals surface area contributed by atoms with Crippen molar-refractivity contribution >= 4 is 24.1 Å². The molecule has 0 saturated heterocycles. The molecule has 1 heterocycles. The Morgan fingerprint density at radius 3 is 2.22 bits per heavy atom.